The molecule has 0 aromatic carbocycles. The zero-order chi connectivity index (χ0) is 33.7. The molecule has 3 saturated carbocycles. The lowest BCUT2D eigenvalue weighted by Crippen LogP contribution is -2.61. The van der Waals surface area contributed by atoms with Crippen LogP contribution in [0.2, 0.25) is 0 Å². The van der Waals surface area contributed by atoms with Crippen LogP contribution in [0.25, 0.3) is 11.4 Å². The number of carbonyl (C=O) groups excluding carboxylic acids is 4. The Hall–Kier alpha value is -4.19. The monoisotopic (exact) mass is 633 g/mol. The predicted molar refractivity (Wildman–Crippen MR) is 174 cm³/mol. The number of amides is 1. The molecule has 244 valence electrons. The lowest BCUT2D eigenvalue weighted by Gasteiger charge is -2.64. The number of hydrogen-bond acceptors (Lipinski definition) is 7. The predicted octanol–water partition coefficient (Wildman–Crippen LogP) is 6.12. The number of nitrogens with zero attached hydrogens (tertiary/aromatic N) is 4. The first kappa shape index (κ1) is 31.4. The van der Waals surface area contributed by atoms with E-state index >= 15 is 0 Å². The minimum Gasteiger partial charge on any atom is -0.366 e. The molecule has 2 aromatic rings. The normalized spacial score (nSPS) is 37.2. The van der Waals surface area contributed by atoms with Gasteiger partial charge in [-0.25, -0.2) is 4.98 Å². The zero-order valence-electron chi connectivity index (χ0n) is 27.9. The zero-order valence-corrected chi connectivity index (χ0v) is 27.9. The van der Waals surface area contributed by atoms with Crippen molar-refractivity contribution in [2.45, 2.75) is 79.6 Å². The number of rotatable bonds is 3. The largest absolute Gasteiger partial charge is 0.366 e. The molecule has 0 spiro atoms. The van der Waals surface area contributed by atoms with Gasteiger partial charge in [0, 0.05) is 35.2 Å². The van der Waals surface area contributed by atoms with Crippen molar-refractivity contribution in [1.29, 1.82) is 5.26 Å². The molecule has 47 heavy (non-hydrogen) atoms. The molecule has 0 bridgehead atoms. The highest BCUT2D eigenvalue weighted by Gasteiger charge is 2.66. The van der Waals surface area contributed by atoms with Crippen LogP contribution in [0.3, 0.4) is 0 Å². The third kappa shape index (κ3) is 4.47. The lowest BCUT2D eigenvalue weighted by molar-refractivity contribution is -0.141. The molecule has 9 nitrogen and oxygen atoms in total. The van der Waals surface area contributed by atoms with Crippen molar-refractivity contribution < 1.29 is 19.2 Å². The second-order valence-corrected chi connectivity index (χ2v) is 16.2. The number of allylic oxidation sites excluding steroid dienone is 4. The van der Waals surface area contributed by atoms with Crippen LogP contribution >= 0.6 is 0 Å². The second-order valence-electron chi connectivity index (χ2n) is 16.2. The molecule has 0 aliphatic heterocycles. The number of primary amides is 1. The van der Waals surface area contributed by atoms with E-state index in [1.54, 1.807) is 22.9 Å². The topological polar surface area (TPSA) is 149 Å². The summed E-state index contributed by atoms with van der Waals surface area (Å²) in [6.45, 7) is 10.8. The SMILES string of the molecule is CC1C(=O)C(C#N)=CC2(C)C3=CC(=O)C4C(CCC5(C(=O)n6cnc(-c7cc(C(N)=O)ccn7)c6)CCC(C)(C)CC45)C3(C)CCC12. The maximum Gasteiger partial charge on any atom is 0.248 e. The number of hydrogen-bond donors (Lipinski definition) is 1. The van der Waals surface area contributed by atoms with Crippen LogP contribution in [0, 0.1) is 62.6 Å². The molecule has 5 aliphatic rings. The molecule has 2 heterocycles. The van der Waals surface area contributed by atoms with Crippen LogP contribution < -0.4 is 5.73 Å². The number of nitrogens with two attached hydrogens (primary N) is 1. The van der Waals surface area contributed by atoms with Gasteiger partial charge in [0.15, 0.2) is 11.6 Å². The highest BCUT2D eigenvalue weighted by molar-refractivity contribution is 6.02. The Kier molecular flexibility index (Phi) is 6.95. The van der Waals surface area contributed by atoms with Crippen molar-refractivity contribution in [3.8, 4) is 17.5 Å². The number of imidazole rings is 1. The van der Waals surface area contributed by atoms with Gasteiger partial charge in [0.2, 0.25) is 11.8 Å². The number of pyridine rings is 1. The Balaban J connectivity index is 1.29. The fourth-order valence-corrected chi connectivity index (χ4v) is 10.8. The summed E-state index contributed by atoms with van der Waals surface area (Å²) in [6.07, 6.45) is 14.0. The van der Waals surface area contributed by atoms with Gasteiger partial charge in [-0.2, -0.15) is 5.26 Å². The van der Waals surface area contributed by atoms with E-state index in [4.69, 9.17) is 5.73 Å². The van der Waals surface area contributed by atoms with Gasteiger partial charge in [0.1, 0.15) is 18.1 Å². The van der Waals surface area contributed by atoms with Crippen molar-refractivity contribution in [3.63, 3.8) is 0 Å². The average Bonchev–Trinajstić information content (AvgIpc) is 3.53. The summed E-state index contributed by atoms with van der Waals surface area (Å²) < 4.78 is 1.57. The smallest absolute Gasteiger partial charge is 0.248 e. The molecule has 8 unspecified atom stereocenters. The molecule has 8 atom stereocenters. The quantitative estimate of drug-likeness (QED) is 0.428. The molecular weight excluding hydrogens is 590 g/mol. The van der Waals surface area contributed by atoms with Crippen molar-refractivity contribution in [1.82, 2.24) is 14.5 Å². The molecule has 0 saturated heterocycles. The minimum absolute atomic E-state index is 0.0199. The molecule has 3 fully saturated rings. The fourth-order valence-electron chi connectivity index (χ4n) is 10.8. The minimum atomic E-state index is -0.713. The fraction of sp³-hybridized carbons (Fsp3) is 0.553. The van der Waals surface area contributed by atoms with Crippen molar-refractivity contribution in [2.75, 3.05) is 0 Å². The summed E-state index contributed by atoms with van der Waals surface area (Å²) in [7, 11) is 0. The van der Waals surface area contributed by atoms with Crippen LogP contribution in [0.5, 0.6) is 0 Å². The van der Waals surface area contributed by atoms with Crippen LogP contribution in [0.1, 0.15) is 94.7 Å². The molecule has 2 N–H and O–H groups in total. The molecule has 9 heteroatoms. The number of nitriles is 1. The van der Waals surface area contributed by atoms with E-state index in [9.17, 15) is 24.4 Å². The van der Waals surface area contributed by atoms with Gasteiger partial charge in [-0.1, -0.05) is 46.3 Å². The van der Waals surface area contributed by atoms with Gasteiger partial charge in [-0.3, -0.25) is 28.7 Å². The Morgan fingerprint density at radius 1 is 1.00 bits per heavy atom. The Morgan fingerprint density at radius 2 is 1.74 bits per heavy atom. The number of aromatic nitrogens is 3. The Bertz CT molecular complexity index is 1840. The van der Waals surface area contributed by atoms with Crippen LogP contribution in [-0.4, -0.2) is 37.9 Å². The van der Waals surface area contributed by atoms with E-state index in [-0.39, 0.29) is 63.5 Å². The summed E-state index contributed by atoms with van der Waals surface area (Å²) in [6, 6.07) is 5.27. The van der Waals surface area contributed by atoms with Crippen LogP contribution in [0.4, 0.5) is 0 Å². The van der Waals surface area contributed by atoms with E-state index in [2.05, 4.69) is 43.7 Å². The third-order valence-corrected chi connectivity index (χ3v) is 13.3. The maximum absolute atomic E-state index is 14.7. The van der Waals surface area contributed by atoms with Crippen molar-refractivity contribution in [2.24, 2.45) is 57.0 Å². The molecule has 7 rings (SSSR count). The number of Topliss-reactive ketones (excluding diaryl/α,β-unsaturated/α-hetero) is 1. The van der Waals surface area contributed by atoms with E-state index < -0.39 is 16.7 Å². The summed E-state index contributed by atoms with van der Waals surface area (Å²) in [5, 5.41) is 9.85. The first-order chi connectivity index (χ1) is 22.1. The standard InChI is InChI=1S/C38H43N5O4/c1-21-24-6-9-36(4)25-7-10-38(34(47)43-19-28(42-20-43)27-14-22(33(40)46)8-13-41-27)12-11-35(2,3)17-26(38)31(25)29(44)15-30(36)37(24,5)16-23(18-39)32(21)45/h8,13-16,19-21,24-26,31H,6-7,9-12,17H2,1-5H3,(H2,40,46). The van der Waals surface area contributed by atoms with E-state index in [0.29, 0.717) is 29.8 Å². The summed E-state index contributed by atoms with van der Waals surface area (Å²) in [5.74, 6) is -1.20. The molecule has 0 radical (unpaired) electrons. The Labute approximate surface area is 275 Å². The van der Waals surface area contributed by atoms with Crippen LogP contribution in [0.15, 0.2) is 54.2 Å². The van der Waals surface area contributed by atoms with Gasteiger partial charge in [-0.15, -0.1) is 0 Å². The van der Waals surface area contributed by atoms with Gasteiger partial charge in [0.05, 0.1) is 16.7 Å². The summed E-state index contributed by atoms with van der Waals surface area (Å²) in [4.78, 5) is 62.9. The second kappa shape index (κ2) is 10.4. The van der Waals surface area contributed by atoms with Crippen LogP contribution in [-0.2, 0) is 9.59 Å². The summed E-state index contributed by atoms with van der Waals surface area (Å²) in [5.41, 5.74) is 6.44. The highest BCUT2D eigenvalue weighted by atomic mass is 16.2. The van der Waals surface area contributed by atoms with Crippen molar-refractivity contribution in [3.05, 3.63) is 59.7 Å². The number of carbonyl (C=O) groups is 4. The number of ketones is 2. The first-order valence-electron chi connectivity index (χ1n) is 16.9. The lowest BCUT2D eigenvalue weighted by atomic mass is 9.39. The van der Waals surface area contributed by atoms with E-state index in [1.807, 2.05) is 19.1 Å². The highest BCUT2D eigenvalue weighted by Crippen LogP contribution is 2.69. The van der Waals surface area contributed by atoms with Crippen molar-refractivity contribution >= 4 is 23.4 Å². The molecule has 1 amide bonds. The van der Waals surface area contributed by atoms with E-state index in [0.717, 1.165) is 37.7 Å². The van der Waals surface area contributed by atoms with Gasteiger partial charge < -0.3 is 5.73 Å². The van der Waals surface area contributed by atoms with Gasteiger partial charge >= 0.3 is 0 Å². The summed E-state index contributed by atoms with van der Waals surface area (Å²) >= 11 is 0. The van der Waals surface area contributed by atoms with Gasteiger partial charge in [0.25, 0.3) is 0 Å². The third-order valence-electron chi connectivity index (χ3n) is 13.3. The Morgan fingerprint density at radius 3 is 2.47 bits per heavy atom. The average molecular weight is 634 g/mol. The molecule has 2 aromatic heterocycles. The van der Waals surface area contributed by atoms with Gasteiger partial charge in [-0.05, 0) is 91.7 Å². The number of fused-ring (bicyclic) bond motifs is 7. The first-order valence-corrected chi connectivity index (χ1v) is 16.9. The molecular formula is C38H43N5O4. The van der Waals surface area contributed by atoms with E-state index in [1.165, 1.54) is 12.5 Å². The molecule has 5 aliphatic carbocycles. The maximum atomic E-state index is 14.7.